The number of hydrogen-bond acceptors (Lipinski definition) is 2. The SMILES string of the molecule is c1ccc2c(c1)C[S][Sn][S]2. The number of hydrogen-bond donors (Lipinski definition) is 0. The molecule has 1 aromatic rings. The molecule has 0 atom stereocenters. The molecule has 0 spiro atoms. The summed E-state index contributed by atoms with van der Waals surface area (Å²) >= 11 is -0.110. The van der Waals surface area contributed by atoms with Crippen molar-refractivity contribution >= 4 is 36.3 Å². The van der Waals surface area contributed by atoms with Gasteiger partial charge < -0.3 is 0 Å². The Morgan fingerprint density at radius 1 is 1.30 bits per heavy atom. The average Bonchev–Trinajstić information content (AvgIpc) is 2.05. The summed E-state index contributed by atoms with van der Waals surface area (Å²) in [5.74, 6) is 1.27. The van der Waals surface area contributed by atoms with Crippen molar-refractivity contribution in [2.45, 2.75) is 10.6 Å². The molecule has 3 heteroatoms. The number of benzene rings is 1. The van der Waals surface area contributed by atoms with E-state index in [4.69, 9.17) is 0 Å². The zero-order chi connectivity index (χ0) is 6.81. The summed E-state index contributed by atoms with van der Waals surface area (Å²) < 4.78 is 0. The molecular weight excluding hydrogens is 267 g/mol. The molecule has 0 nitrogen and oxygen atoms in total. The quantitative estimate of drug-likeness (QED) is 0.666. The predicted octanol–water partition coefficient (Wildman–Crippen LogP) is 2.56. The van der Waals surface area contributed by atoms with Gasteiger partial charge in [-0.1, -0.05) is 0 Å². The van der Waals surface area contributed by atoms with Crippen LogP contribution < -0.4 is 0 Å². The third-order valence-electron chi connectivity index (χ3n) is 1.41. The number of rotatable bonds is 0. The molecule has 50 valence electrons. The van der Waals surface area contributed by atoms with Gasteiger partial charge in [0, 0.05) is 0 Å². The molecular formula is C7H6S2Sn. The van der Waals surface area contributed by atoms with Crippen molar-refractivity contribution in [1.29, 1.82) is 0 Å². The van der Waals surface area contributed by atoms with Gasteiger partial charge in [0.15, 0.2) is 0 Å². The summed E-state index contributed by atoms with van der Waals surface area (Å²) in [6.07, 6.45) is 0. The van der Waals surface area contributed by atoms with Gasteiger partial charge in [0.2, 0.25) is 0 Å². The molecule has 2 radical (unpaired) electrons. The second-order valence-electron chi connectivity index (χ2n) is 2.08. The van der Waals surface area contributed by atoms with Crippen molar-refractivity contribution in [3.8, 4) is 0 Å². The molecule has 0 bridgehead atoms. The van der Waals surface area contributed by atoms with E-state index < -0.39 is 0 Å². The fraction of sp³-hybridized carbons (Fsp3) is 0.143. The third-order valence-corrected chi connectivity index (χ3v) is 11.6. The Bertz CT molecular complexity index is 212. The Morgan fingerprint density at radius 2 is 2.20 bits per heavy atom. The van der Waals surface area contributed by atoms with Crippen molar-refractivity contribution in [3.05, 3.63) is 29.8 Å². The molecule has 0 fully saturated rings. The van der Waals surface area contributed by atoms with E-state index in [0.717, 1.165) is 0 Å². The van der Waals surface area contributed by atoms with Gasteiger partial charge in [0.05, 0.1) is 0 Å². The maximum atomic E-state index is 2.25. The van der Waals surface area contributed by atoms with Gasteiger partial charge in [-0.25, -0.2) is 0 Å². The van der Waals surface area contributed by atoms with Crippen LogP contribution in [0.25, 0.3) is 0 Å². The van der Waals surface area contributed by atoms with Crippen LogP contribution in [0.5, 0.6) is 0 Å². The summed E-state index contributed by atoms with van der Waals surface area (Å²) in [5, 5.41) is 0. The zero-order valence-electron chi connectivity index (χ0n) is 5.33. The molecule has 0 N–H and O–H groups in total. The molecule has 0 unspecified atom stereocenters. The van der Waals surface area contributed by atoms with Gasteiger partial charge in [-0.05, 0) is 0 Å². The van der Waals surface area contributed by atoms with Gasteiger partial charge in [0.1, 0.15) is 0 Å². The topological polar surface area (TPSA) is 0 Å². The van der Waals surface area contributed by atoms with Crippen LogP contribution in [0.3, 0.4) is 0 Å². The summed E-state index contributed by atoms with van der Waals surface area (Å²) in [5.41, 5.74) is 1.55. The van der Waals surface area contributed by atoms with Crippen LogP contribution in [0.4, 0.5) is 0 Å². The van der Waals surface area contributed by atoms with E-state index in [0.29, 0.717) is 0 Å². The van der Waals surface area contributed by atoms with Crippen molar-refractivity contribution in [3.63, 3.8) is 0 Å². The van der Waals surface area contributed by atoms with Gasteiger partial charge >= 0.3 is 76.7 Å². The standard InChI is InChI=1S/C7H8S2.Sn/c8-5-6-3-1-2-4-7(6)9;/h1-4,8-9H,5H2;/q;+2/p-2. The van der Waals surface area contributed by atoms with E-state index in [1.165, 1.54) is 5.75 Å². The minimum absolute atomic E-state index is 0.110. The van der Waals surface area contributed by atoms with E-state index in [9.17, 15) is 0 Å². The summed E-state index contributed by atoms with van der Waals surface area (Å²) in [6.45, 7) is 0. The fourth-order valence-corrected chi connectivity index (χ4v) is 11.0. The van der Waals surface area contributed by atoms with Crippen LogP contribution in [0, 0.1) is 0 Å². The summed E-state index contributed by atoms with van der Waals surface area (Å²) in [6, 6.07) is 8.77. The van der Waals surface area contributed by atoms with Crippen molar-refractivity contribution in [2.24, 2.45) is 0 Å². The number of fused-ring (bicyclic) bond motifs is 1. The van der Waals surface area contributed by atoms with Crippen LogP contribution in [-0.2, 0) is 5.75 Å². The molecule has 2 rings (SSSR count). The summed E-state index contributed by atoms with van der Waals surface area (Å²) in [4.78, 5) is 1.55. The van der Waals surface area contributed by atoms with Gasteiger partial charge in [-0.2, -0.15) is 0 Å². The summed E-state index contributed by atoms with van der Waals surface area (Å²) in [7, 11) is 4.29. The van der Waals surface area contributed by atoms with Crippen LogP contribution in [0.1, 0.15) is 5.56 Å². The van der Waals surface area contributed by atoms with E-state index in [1.807, 2.05) is 0 Å². The Morgan fingerprint density at radius 3 is 3.10 bits per heavy atom. The molecule has 1 aliphatic heterocycles. The van der Waals surface area contributed by atoms with Crippen LogP contribution >= 0.6 is 17.9 Å². The first-order valence-corrected chi connectivity index (χ1v) is 11.9. The fourth-order valence-electron chi connectivity index (χ4n) is 0.904. The molecule has 0 amide bonds. The Balaban J connectivity index is 2.41. The van der Waals surface area contributed by atoms with E-state index in [1.54, 1.807) is 10.5 Å². The molecule has 1 aromatic carbocycles. The van der Waals surface area contributed by atoms with Crippen molar-refractivity contribution in [1.82, 2.24) is 0 Å². The van der Waals surface area contributed by atoms with Gasteiger partial charge in [-0.3, -0.25) is 0 Å². The van der Waals surface area contributed by atoms with E-state index in [-0.39, 0.29) is 18.4 Å². The van der Waals surface area contributed by atoms with Crippen molar-refractivity contribution < 1.29 is 0 Å². The Hall–Kier alpha value is 0.719. The van der Waals surface area contributed by atoms with Crippen molar-refractivity contribution in [2.75, 3.05) is 0 Å². The van der Waals surface area contributed by atoms with Gasteiger partial charge in [-0.15, -0.1) is 0 Å². The van der Waals surface area contributed by atoms with Crippen LogP contribution in [0.2, 0.25) is 0 Å². The molecule has 0 aromatic heterocycles. The first-order valence-electron chi connectivity index (χ1n) is 3.08. The van der Waals surface area contributed by atoms with E-state index >= 15 is 0 Å². The monoisotopic (exact) mass is 274 g/mol. The van der Waals surface area contributed by atoms with Crippen LogP contribution in [-0.4, -0.2) is 18.4 Å². The zero-order valence-corrected chi connectivity index (χ0v) is 9.82. The van der Waals surface area contributed by atoms with Crippen LogP contribution in [0.15, 0.2) is 29.2 Å². The first kappa shape index (κ1) is 7.37. The minimum atomic E-state index is -0.110. The molecule has 10 heavy (non-hydrogen) atoms. The first-order chi connectivity index (χ1) is 4.97. The third kappa shape index (κ3) is 1.48. The predicted molar refractivity (Wildman–Crippen MR) is 49.3 cm³/mol. The molecule has 0 aliphatic carbocycles. The molecule has 0 saturated carbocycles. The molecule has 1 aliphatic rings. The van der Waals surface area contributed by atoms with E-state index in [2.05, 4.69) is 42.2 Å². The molecule has 1 heterocycles. The van der Waals surface area contributed by atoms with Gasteiger partial charge in [0.25, 0.3) is 0 Å². The normalized spacial score (nSPS) is 16.4. The maximum absolute atomic E-state index is 2.25. The Kier molecular flexibility index (Phi) is 2.51. The average molecular weight is 273 g/mol. The Labute approximate surface area is 76.3 Å². The molecule has 0 saturated heterocycles. The second kappa shape index (κ2) is 3.41. The second-order valence-corrected chi connectivity index (χ2v) is 12.5.